The van der Waals surface area contributed by atoms with Gasteiger partial charge in [-0.1, -0.05) is 56.0 Å². The number of allylic oxidation sites excluding steroid dienone is 1. The van der Waals surface area contributed by atoms with E-state index in [1.165, 1.54) is 55.2 Å². The summed E-state index contributed by atoms with van der Waals surface area (Å²) in [4.78, 5) is 27.4. The summed E-state index contributed by atoms with van der Waals surface area (Å²) in [5, 5.41) is 21.3. The van der Waals surface area contributed by atoms with Crippen LogP contribution in [-0.4, -0.2) is 38.3 Å². The number of carbonyl (C=O) groups is 2. The molecule has 0 saturated heterocycles. The summed E-state index contributed by atoms with van der Waals surface area (Å²) in [6.45, 7) is 1.94. The Morgan fingerprint density at radius 2 is 2.10 bits per heavy atom. The Balaban J connectivity index is 1.45. The summed E-state index contributed by atoms with van der Waals surface area (Å²) in [5.74, 6) is 0.989. The molecule has 2 aliphatic rings. The van der Waals surface area contributed by atoms with Crippen LogP contribution in [-0.2, 0) is 4.79 Å². The molecule has 0 aliphatic heterocycles. The summed E-state index contributed by atoms with van der Waals surface area (Å²) < 4.78 is 0.740. The third kappa shape index (κ3) is 6.92. The number of hydrogen-bond donors (Lipinski definition) is 2. The van der Waals surface area contributed by atoms with E-state index < -0.39 is 11.6 Å². The quantitative estimate of drug-likeness (QED) is 0.356. The van der Waals surface area contributed by atoms with E-state index in [-0.39, 0.29) is 17.5 Å². The van der Waals surface area contributed by atoms with Crippen molar-refractivity contribution in [3.63, 3.8) is 0 Å². The van der Waals surface area contributed by atoms with Crippen molar-refractivity contribution in [2.45, 2.75) is 81.1 Å². The molecule has 2 fully saturated rings. The van der Waals surface area contributed by atoms with Gasteiger partial charge in [0.25, 0.3) is 0 Å². The number of carboxylic acid groups (broad SMARTS) is 1. The lowest BCUT2D eigenvalue weighted by atomic mass is 9.80. The Morgan fingerprint density at radius 3 is 2.80 bits per heavy atom. The van der Waals surface area contributed by atoms with Gasteiger partial charge in [0.2, 0.25) is 0 Å². The number of aromatic carboxylic acids is 1. The number of hydrogen-bond acceptors (Lipinski definition) is 6. The maximum atomic E-state index is 12.4. The van der Waals surface area contributed by atoms with E-state index in [0.29, 0.717) is 24.5 Å². The Bertz CT molecular complexity index is 752. The molecule has 30 heavy (non-hydrogen) atoms. The minimum absolute atomic E-state index is 0.0240. The maximum Gasteiger partial charge on any atom is 0.355 e. The van der Waals surface area contributed by atoms with Crippen LogP contribution < -0.4 is 0 Å². The van der Waals surface area contributed by atoms with Gasteiger partial charge in [0.1, 0.15) is 5.78 Å². The fraction of sp³-hybridized carbons (Fsp3) is 0.696. The molecular weight excluding hydrogens is 418 g/mol. The number of rotatable bonds is 10. The molecule has 7 heteroatoms. The third-order valence-corrected chi connectivity index (χ3v) is 8.46. The van der Waals surface area contributed by atoms with Crippen LogP contribution >= 0.6 is 23.1 Å². The van der Waals surface area contributed by atoms with Gasteiger partial charge >= 0.3 is 5.97 Å². The van der Waals surface area contributed by atoms with E-state index in [0.717, 1.165) is 29.4 Å². The second-order valence-electron chi connectivity index (χ2n) is 9.05. The first-order valence-corrected chi connectivity index (χ1v) is 12.9. The fourth-order valence-corrected chi connectivity index (χ4v) is 6.72. The van der Waals surface area contributed by atoms with Crippen molar-refractivity contribution in [1.29, 1.82) is 0 Å². The van der Waals surface area contributed by atoms with Gasteiger partial charge in [-0.2, -0.15) is 0 Å². The van der Waals surface area contributed by atoms with Crippen molar-refractivity contribution in [2.24, 2.45) is 17.8 Å². The SMILES string of the molecule is C[C@@](O)(C/C=C/[C@@H]1CCC(=O)[C@@H]1CCSc1nc(C(=O)O)cs1)CC1CCCCC1. The Hall–Kier alpha value is -1.18. The number of aliphatic hydroxyl groups is 1. The van der Waals surface area contributed by atoms with Crippen LogP contribution in [0.4, 0.5) is 0 Å². The Kier molecular flexibility index (Phi) is 8.54. The predicted octanol–water partition coefficient (Wildman–Crippen LogP) is 5.59. The number of nitrogens with zero attached hydrogens (tertiary/aromatic N) is 1. The van der Waals surface area contributed by atoms with Gasteiger partial charge in [-0.25, -0.2) is 9.78 Å². The van der Waals surface area contributed by atoms with E-state index >= 15 is 0 Å². The standard InChI is InChI=1S/C23H33NO4S2/c1-23(28,14-16-6-3-2-4-7-16)12-5-8-17-9-10-20(25)18(17)11-13-29-22-24-19(15-30-22)21(26)27/h5,8,15-18,28H,2-4,6-7,9-14H2,1H3,(H,26,27)/b8-5+/t17-,18-,23-/m1/s1. The molecule has 1 aromatic rings. The monoisotopic (exact) mass is 451 g/mol. The average molecular weight is 452 g/mol. The molecule has 0 spiro atoms. The largest absolute Gasteiger partial charge is 0.476 e. The van der Waals surface area contributed by atoms with Crippen LogP contribution in [0.1, 0.15) is 81.6 Å². The van der Waals surface area contributed by atoms with Crippen molar-refractivity contribution in [3.8, 4) is 0 Å². The molecule has 3 atom stereocenters. The van der Waals surface area contributed by atoms with Crippen molar-refractivity contribution in [2.75, 3.05) is 5.75 Å². The topological polar surface area (TPSA) is 87.5 Å². The molecule has 5 nitrogen and oxygen atoms in total. The highest BCUT2D eigenvalue weighted by Crippen LogP contribution is 2.36. The van der Waals surface area contributed by atoms with Crippen molar-refractivity contribution in [3.05, 3.63) is 23.2 Å². The highest BCUT2D eigenvalue weighted by Gasteiger charge is 2.33. The second-order valence-corrected chi connectivity index (χ2v) is 11.3. The molecule has 1 aromatic heterocycles. The van der Waals surface area contributed by atoms with Crippen LogP contribution in [0.25, 0.3) is 0 Å². The van der Waals surface area contributed by atoms with Crippen molar-refractivity contribution in [1.82, 2.24) is 4.98 Å². The first-order valence-electron chi connectivity index (χ1n) is 11.1. The van der Waals surface area contributed by atoms with Crippen LogP contribution in [0.5, 0.6) is 0 Å². The van der Waals surface area contributed by atoms with Crippen LogP contribution in [0, 0.1) is 17.8 Å². The maximum absolute atomic E-state index is 12.4. The minimum Gasteiger partial charge on any atom is -0.476 e. The number of Topliss-reactive ketones (excluding diaryl/α,β-unsaturated/α-hetero) is 1. The number of thiazole rings is 1. The fourth-order valence-electron chi connectivity index (χ4n) is 4.83. The molecule has 2 saturated carbocycles. The van der Waals surface area contributed by atoms with Crippen molar-refractivity contribution >= 4 is 34.9 Å². The summed E-state index contributed by atoms with van der Waals surface area (Å²) in [6, 6.07) is 0. The lowest BCUT2D eigenvalue weighted by molar-refractivity contribution is -0.121. The zero-order valence-corrected chi connectivity index (χ0v) is 19.3. The highest BCUT2D eigenvalue weighted by molar-refractivity contribution is 8.01. The zero-order valence-electron chi connectivity index (χ0n) is 17.7. The minimum atomic E-state index is -1.01. The Labute approximate surface area is 187 Å². The van der Waals surface area contributed by atoms with Gasteiger partial charge in [0.05, 0.1) is 5.60 Å². The van der Waals surface area contributed by atoms with Gasteiger partial charge in [-0.15, -0.1) is 11.3 Å². The molecular formula is C23H33NO4S2. The number of carbonyl (C=O) groups excluding carboxylic acids is 1. The molecule has 0 radical (unpaired) electrons. The number of aromatic nitrogens is 1. The van der Waals surface area contributed by atoms with Gasteiger partial charge < -0.3 is 10.2 Å². The first-order chi connectivity index (χ1) is 14.3. The van der Waals surface area contributed by atoms with Gasteiger partial charge in [-0.05, 0) is 44.4 Å². The summed E-state index contributed by atoms with van der Waals surface area (Å²) in [6.07, 6.45) is 14.4. The van der Waals surface area contributed by atoms with Gasteiger partial charge in [0, 0.05) is 23.5 Å². The van der Waals surface area contributed by atoms with E-state index in [1.54, 1.807) is 5.38 Å². The second kappa shape index (κ2) is 10.9. The van der Waals surface area contributed by atoms with Gasteiger partial charge in [0.15, 0.2) is 10.0 Å². The average Bonchev–Trinajstić information content (AvgIpc) is 3.30. The summed E-state index contributed by atoms with van der Waals surface area (Å²) in [5.41, 5.74) is -0.584. The summed E-state index contributed by atoms with van der Waals surface area (Å²) >= 11 is 2.86. The highest BCUT2D eigenvalue weighted by atomic mass is 32.2. The van der Waals surface area contributed by atoms with Crippen LogP contribution in [0.3, 0.4) is 0 Å². The first kappa shape index (κ1) is 23.5. The van der Waals surface area contributed by atoms with Gasteiger partial charge in [-0.3, -0.25) is 4.79 Å². The smallest absolute Gasteiger partial charge is 0.355 e. The number of thioether (sulfide) groups is 1. The predicted molar refractivity (Wildman–Crippen MR) is 121 cm³/mol. The molecule has 166 valence electrons. The van der Waals surface area contributed by atoms with E-state index in [1.807, 2.05) is 6.92 Å². The molecule has 3 rings (SSSR count). The number of carboxylic acids is 1. The van der Waals surface area contributed by atoms with E-state index in [4.69, 9.17) is 5.11 Å². The van der Waals surface area contributed by atoms with Crippen LogP contribution in [0.2, 0.25) is 0 Å². The molecule has 0 aromatic carbocycles. The van der Waals surface area contributed by atoms with E-state index in [9.17, 15) is 14.7 Å². The summed E-state index contributed by atoms with van der Waals surface area (Å²) in [7, 11) is 0. The zero-order chi connectivity index (χ0) is 21.6. The van der Waals surface area contributed by atoms with Crippen LogP contribution in [0.15, 0.2) is 21.9 Å². The molecule has 0 bridgehead atoms. The lowest BCUT2D eigenvalue weighted by Gasteiger charge is -2.30. The third-order valence-electron chi connectivity index (χ3n) is 6.41. The normalized spacial score (nSPS) is 25.1. The molecule has 1 heterocycles. The molecule has 2 N–H and O–H groups in total. The Morgan fingerprint density at radius 1 is 1.33 bits per heavy atom. The molecule has 0 unspecified atom stereocenters. The molecule has 2 aliphatic carbocycles. The lowest BCUT2D eigenvalue weighted by Crippen LogP contribution is -2.28. The number of ketones is 1. The van der Waals surface area contributed by atoms with Crippen molar-refractivity contribution < 1.29 is 19.8 Å². The van der Waals surface area contributed by atoms with E-state index in [2.05, 4.69) is 17.1 Å². The molecule has 0 amide bonds.